The van der Waals surface area contributed by atoms with E-state index in [4.69, 9.17) is 17.2 Å². The summed E-state index contributed by atoms with van der Waals surface area (Å²) in [7, 11) is 1.93. The van der Waals surface area contributed by atoms with Gasteiger partial charge in [-0.3, -0.25) is 4.79 Å². The summed E-state index contributed by atoms with van der Waals surface area (Å²) in [4.78, 5) is 30.9. The van der Waals surface area contributed by atoms with E-state index >= 15 is 0 Å². The largest absolute Gasteiger partial charge is 0.382 e. The Hall–Kier alpha value is -3.53. The highest BCUT2D eigenvalue weighted by atomic mass is 16.1. The third-order valence-electron chi connectivity index (χ3n) is 4.39. The SMILES string of the molecule is CN(Cc1cnc2nc(N)nc(N)c2n1)c1ccc(C(=O)NCCCCN)cc1. The molecule has 3 aromatic rings. The highest BCUT2D eigenvalue weighted by Crippen LogP contribution is 2.18. The Morgan fingerprint density at radius 3 is 2.59 bits per heavy atom. The molecule has 0 aliphatic rings. The fraction of sp³-hybridized carbons (Fsp3) is 0.316. The van der Waals surface area contributed by atoms with Crippen molar-refractivity contribution in [3.05, 3.63) is 41.7 Å². The molecule has 0 atom stereocenters. The number of carbonyl (C=O) groups excluding carboxylic acids is 1. The fourth-order valence-corrected chi connectivity index (χ4v) is 2.83. The molecule has 3 rings (SSSR count). The first kappa shape index (κ1) is 20.2. The van der Waals surface area contributed by atoms with Crippen LogP contribution in [-0.2, 0) is 6.54 Å². The molecule has 152 valence electrons. The molecule has 0 radical (unpaired) electrons. The van der Waals surface area contributed by atoms with Crippen molar-refractivity contribution in [3.8, 4) is 0 Å². The summed E-state index contributed by atoms with van der Waals surface area (Å²) in [6, 6.07) is 7.37. The average molecular weight is 395 g/mol. The van der Waals surface area contributed by atoms with E-state index in [0.29, 0.717) is 42.1 Å². The maximum atomic E-state index is 12.2. The van der Waals surface area contributed by atoms with Gasteiger partial charge in [0.2, 0.25) is 5.95 Å². The quantitative estimate of drug-likeness (QED) is 0.402. The smallest absolute Gasteiger partial charge is 0.251 e. The van der Waals surface area contributed by atoms with Crippen molar-refractivity contribution in [3.63, 3.8) is 0 Å². The second-order valence-corrected chi connectivity index (χ2v) is 6.66. The number of benzene rings is 1. The number of nitrogens with one attached hydrogen (secondary N) is 1. The van der Waals surface area contributed by atoms with Crippen molar-refractivity contribution in [1.82, 2.24) is 25.3 Å². The van der Waals surface area contributed by atoms with Crippen LogP contribution in [0, 0.1) is 0 Å². The number of nitrogens with two attached hydrogens (primary N) is 3. The Labute approximate surface area is 168 Å². The lowest BCUT2D eigenvalue weighted by Crippen LogP contribution is -2.25. The number of amides is 1. The van der Waals surface area contributed by atoms with Crippen molar-refractivity contribution in [2.24, 2.45) is 5.73 Å². The van der Waals surface area contributed by atoms with E-state index in [1.165, 1.54) is 0 Å². The van der Waals surface area contributed by atoms with Crippen LogP contribution in [0.15, 0.2) is 30.5 Å². The zero-order valence-corrected chi connectivity index (χ0v) is 16.3. The fourth-order valence-electron chi connectivity index (χ4n) is 2.83. The molecule has 0 saturated carbocycles. The Kier molecular flexibility index (Phi) is 6.35. The van der Waals surface area contributed by atoms with Crippen LogP contribution in [0.4, 0.5) is 17.5 Å². The van der Waals surface area contributed by atoms with Gasteiger partial charge in [0.25, 0.3) is 5.91 Å². The van der Waals surface area contributed by atoms with E-state index in [1.807, 2.05) is 24.1 Å². The summed E-state index contributed by atoms with van der Waals surface area (Å²) in [5.74, 6) is 0.176. The first-order valence-electron chi connectivity index (χ1n) is 9.32. The molecular formula is C19H25N9O. The third-order valence-corrected chi connectivity index (χ3v) is 4.39. The summed E-state index contributed by atoms with van der Waals surface area (Å²) < 4.78 is 0. The van der Waals surface area contributed by atoms with Gasteiger partial charge in [0.05, 0.1) is 18.4 Å². The van der Waals surface area contributed by atoms with Gasteiger partial charge < -0.3 is 27.4 Å². The van der Waals surface area contributed by atoms with Crippen LogP contribution in [0.2, 0.25) is 0 Å². The lowest BCUT2D eigenvalue weighted by molar-refractivity contribution is 0.0953. The highest BCUT2D eigenvalue weighted by Gasteiger charge is 2.11. The van der Waals surface area contributed by atoms with Crippen LogP contribution in [0.5, 0.6) is 0 Å². The van der Waals surface area contributed by atoms with E-state index in [0.717, 1.165) is 18.5 Å². The predicted octanol–water partition coefficient (Wildman–Crippen LogP) is 0.689. The van der Waals surface area contributed by atoms with E-state index in [-0.39, 0.29) is 17.7 Å². The molecule has 10 heteroatoms. The zero-order chi connectivity index (χ0) is 20.8. The van der Waals surface area contributed by atoms with Gasteiger partial charge in [-0.05, 0) is 43.7 Å². The molecular weight excluding hydrogens is 370 g/mol. The Morgan fingerprint density at radius 1 is 1.10 bits per heavy atom. The van der Waals surface area contributed by atoms with Gasteiger partial charge in [0, 0.05) is 24.8 Å². The van der Waals surface area contributed by atoms with Gasteiger partial charge in [0.1, 0.15) is 0 Å². The van der Waals surface area contributed by atoms with Crippen LogP contribution in [0.3, 0.4) is 0 Å². The van der Waals surface area contributed by atoms with Gasteiger partial charge in [0.15, 0.2) is 17.0 Å². The van der Waals surface area contributed by atoms with Crippen molar-refractivity contribution >= 4 is 34.5 Å². The highest BCUT2D eigenvalue weighted by molar-refractivity contribution is 5.94. The molecule has 2 heterocycles. The van der Waals surface area contributed by atoms with Crippen LogP contribution < -0.4 is 27.4 Å². The summed E-state index contributed by atoms with van der Waals surface area (Å²) >= 11 is 0. The molecule has 0 fully saturated rings. The number of rotatable bonds is 8. The third kappa shape index (κ3) is 5.05. The summed E-state index contributed by atoms with van der Waals surface area (Å²) in [5.41, 5.74) is 20.0. The summed E-state index contributed by atoms with van der Waals surface area (Å²) in [6.07, 6.45) is 3.40. The number of hydrogen-bond acceptors (Lipinski definition) is 9. The molecule has 29 heavy (non-hydrogen) atoms. The van der Waals surface area contributed by atoms with Gasteiger partial charge in [-0.25, -0.2) is 9.97 Å². The van der Waals surface area contributed by atoms with Gasteiger partial charge in [-0.2, -0.15) is 9.97 Å². The lowest BCUT2D eigenvalue weighted by atomic mass is 10.1. The number of nitrogens with zero attached hydrogens (tertiary/aromatic N) is 5. The first-order valence-corrected chi connectivity index (χ1v) is 9.32. The topological polar surface area (TPSA) is 162 Å². The minimum Gasteiger partial charge on any atom is -0.382 e. The zero-order valence-electron chi connectivity index (χ0n) is 16.3. The van der Waals surface area contributed by atoms with E-state index in [1.54, 1.807) is 18.3 Å². The normalized spacial score (nSPS) is 10.8. The van der Waals surface area contributed by atoms with Crippen LogP contribution >= 0.6 is 0 Å². The Morgan fingerprint density at radius 2 is 1.86 bits per heavy atom. The van der Waals surface area contributed by atoms with Crippen LogP contribution in [0.25, 0.3) is 11.2 Å². The van der Waals surface area contributed by atoms with Gasteiger partial charge in [-0.15, -0.1) is 0 Å². The number of anilines is 3. The molecule has 2 aromatic heterocycles. The molecule has 0 unspecified atom stereocenters. The van der Waals surface area contributed by atoms with Crippen molar-refractivity contribution < 1.29 is 4.79 Å². The average Bonchev–Trinajstić information content (AvgIpc) is 2.71. The number of hydrogen-bond donors (Lipinski definition) is 4. The first-order chi connectivity index (χ1) is 14.0. The number of aromatic nitrogens is 4. The number of fused-ring (bicyclic) bond motifs is 1. The molecule has 0 spiro atoms. The summed E-state index contributed by atoms with van der Waals surface area (Å²) in [6.45, 7) is 1.75. The molecule has 0 saturated heterocycles. The molecule has 0 bridgehead atoms. The van der Waals surface area contributed by atoms with Crippen molar-refractivity contribution in [2.45, 2.75) is 19.4 Å². The molecule has 1 aromatic carbocycles. The standard InChI is InChI=1S/C19H25N9O/c1-28(11-13-10-24-17-15(25-13)16(21)26-19(22)27-17)14-6-4-12(5-7-14)18(29)23-9-3-2-8-20/h4-7,10H,2-3,8-9,11,20H2,1H3,(H,23,29)(H4,21,22,24,26,27). The summed E-state index contributed by atoms with van der Waals surface area (Å²) in [5, 5.41) is 2.89. The molecule has 7 N–H and O–H groups in total. The Balaban J connectivity index is 1.65. The molecule has 1 amide bonds. The maximum Gasteiger partial charge on any atom is 0.251 e. The second kappa shape index (κ2) is 9.11. The molecule has 0 aliphatic carbocycles. The van der Waals surface area contributed by atoms with E-state index in [2.05, 4.69) is 25.3 Å². The predicted molar refractivity (Wildman–Crippen MR) is 113 cm³/mol. The second-order valence-electron chi connectivity index (χ2n) is 6.66. The van der Waals surface area contributed by atoms with Gasteiger partial charge in [-0.1, -0.05) is 0 Å². The Bertz CT molecular complexity index is 991. The number of carbonyl (C=O) groups is 1. The van der Waals surface area contributed by atoms with E-state index < -0.39 is 0 Å². The monoisotopic (exact) mass is 395 g/mol. The molecule has 0 aliphatic heterocycles. The number of unbranched alkanes of at least 4 members (excludes halogenated alkanes) is 1. The van der Waals surface area contributed by atoms with Gasteiger partial charge >= 0.3 is 0 Å². The van der Waals surface area contributed by atoms with Crippen molar-refractivity contribution in [2.75, 3.05) is 36.5 Å². The maximum absolute atomic E-state index is 12.2. The van der Waals surface area contributed by atoms with Crippen molar-refractivity contribution in [1.29, 1.82) is 0 Å². The number of nitrogen functional groups attached to an aromatic ring is 2. The molecule has 10 nitrogen and oxygen atoms in total. The van der Waals surface area contributed by atoms with Crippen LogP contribution in [0.1, 0.15) is 28.9 Å². The lowest BCUT2D eigenvalue weighted by Gasteiger charge is -2.19. The minimum atomic E-state index is -0.0913. The van der Waals surface area contributed by atoms with Crippen LogP contribution in [-0.4, -0.2) is 46.0 Å². The van der Waals surface area contributed by atoms with E-state index in [9.17, 15) is 4.79 Å². The minimum absolute atomic E-state index is 0.0673.